The number of hydrogen-bond acceptors (Lipinski definition) is 2. The molecule has 0 bridgehead atoms. The molecule has 0 spiro atoms. The van der Waals surface area contributed by atoms with Crippen LogP contribution in [0.25, 0.3) is 0 Å². The molecule has 0 aliphatic carbocycles. The first-order valence-corrected chi connectivity index (χ1v) is 7.24. The van der Waals surface area contributed by atoms with E-state index in [9.17, 15) is 9.18 Å². The maximum atomic E-state index is 12.9. The first-order valence-electron chi connectivity index (χ1n) is 7.24. The molecule has 2 rings (SSSR count). The number of rotatable bonds is 5. The average molecular weight is 298 g/mol. The molecule has 4 heteroatoms. The molecule has 0 atom stereocenters. The lowest BCUT2D eigenvalue weighted by molar-refractivity contribution is 0.0954. The highest BCUT2D eigenvalue weighted by molar-refractivity contribution is 6.02. The van der Waals surface area contributed by atoms with E-state index in [-0.39, 0.29) is 11.7 Å². The number of halogens is 1. The minimum absolute atomic E-state index is 0.350. The number of carbonyl (C=O) groups excluding carboxylic acids is 1. The molecule has 0 aliphatic rings. The summed E-state index contributed by atoms with van der Waals surface area (Å²) in [6, 6.07) is 15.1. The van der Waals surface area contributed by atoms with Gasteiger partial charge in [-0.1, -0.05) is 44.2 Å². The lowest BCUT2D eigenvalue weighted by atomic mass is 10.0. The molecule has 0 aliphatic heterocycles. The molecule has 2 aromatic rings. The molecule has 1 amide bonds. The van der Waals surface area contributed by atoms with Gasteiger partial charge >= 0.3 is 0 Å². The molecule has 1 N–H and O–H groups in total. The van der Waals surface area contributed by atoms with Gasteiger partial charge in [0.25, 0.3) is 5.91 Å². The summed E-state index contributed by atoms with van der Waals surface area (Å²) >= 11 is 0. The Bertz CT molecular complexity index is 649. The molecular weight excluding hydrogens is 279 g/mol. The van der Waals surface area contributed by atoms with E-state index in [1.54, 1.807) is 0 Å². The summed E-state index contributed by atoms with van der Waals surface area (Å²) in [7, 11) is 0. The minimum Gasteiger partial charge on any atom is -0.267 e. The number of carbonyl (C=O) groups is 1. The quantitative estimate of drug-likeness (QED) is 0.657. The maximum absolute atomic E-state index is 12.9. The maximum Gasteiger partial charge on any atom is 0.271 e. The second-order valence-corrected chi connectivity index (χ2v) is 5.47. The summed E-state index contributed by atoms with van der Waals surface area (Å²) in [5, 5.41) is 4.26. The minimum atomic E-state index is -0.371. The first kappa shape index (κ1) is 15.9. The Labute approximate surface area is 129 Å². The van der Waals surface area contributed by atoms with Gasteiger partial charge in [-0.15, -0.1) is 0 Å². The Hall–Kier alpha value is -2.49. The summed E-state index contributed by atoms with van der Waals surface area (Å²) in [5.41, 5.74) is 4.73. The van der Waals surface area contributed by atoms with Crippen LogP contribution in [0.1, 0.15) is 36.2 Å². The van der Waals surface area contributed by atoms with E-state index in [1.165, 1.54) is 24.3 Å². The number of hydrogen-bond donors (Lipinski definition) is 1. The van der Waals surface area contributed by atoms with E-state index >= 15 is 0 Å². The van der Waals surface area contributed by atoms with Crippen molar-refractivity contribution in [2.45, 2.75) is 20.3 Å². The standard InChI is InChI=1S/C18H19FN2O/c1-13(2)12-17(14-6-4-3-5-7-14)20-21-18(22)15-8-10-16(19)11-9-15/h3-11,13H,12H2,1-2H3,(H,21,22). The van der Waals surface area contributed by atoms with Crippen LogP contribution in [0.15, 0.2) is 59.7 Å². The Morgan fingerprint density at radius 1 is 1.05 bits per heavy atom. The normalized spacial score (nSPS) is 11.5. The van der Waals surface area contributed by atoms with Gasteiger partial charge in [-0.2, -0.15) is 5.10 Å². The highest BCUT2D eigenvalue weighted by Gasteiger charge is 2.09. The van der Waals surface area contributed by atoms with Gasteiger partial charge in [0.05, 0.1) is 5.71 Å². The molecule has 22 heavy (non-hydrogen) atoms. The SMILES string of the molecule is CC(C)CC(=NNC(=O)c1ccc(F)cc1)c1ccccc1. The molecule has 0 radical (unpaired) electrons. The fourth-order valence-electron chi connectivity index (χ4n) is 2.03. The van der Waals surface area contributed by atoms with Crippen molar-refractivity contribution in [2.24, 2.45) is 11.0 Å². The number of benzene rings is 2. The third kappa shape index (κ3) is 4.52. The smallest absolute Gasteiger partial charge is 0.267 e. The van der Waals surface area contributed by atoms with Crippen LogP contribution in [0.2, 0.25) is 0 Å². The molecule has 0 aromatic heterocycles. The second kappa shape index (κ2) is 7.50. The largest absolute Gasteiger partial charge is 0.271 e. The number of hydrazone groups is 1. The average Bonchev–Trinajstić information content (AvgIpc) is 2.52. The zero-order chi connectivity index (χ0) is 15.9. The van der Waals surface area contributed by atoms with E-state index in [0.29, 0.717) is 11.5 Å². The lowest BCUT2D eigenvalue weighted by Gasteiger charge is -2.10. The number of nitrogens with one attached hydrogen (secondary N) is 1. The van der Waals surface area contributed by atoms with Crippen LogP contribution in [-0.2, 0) is 0 Å². The van der Waals surface area contributed by atoms with Crippen LogP contribution in [0.5, 0.6) is 0 Å². The molecule has 0 unspecified atom stereocenters. The summed E-state index contributed by atoms with van der Waals surface area (Å²) in [6.07, 6.45) is 0.758. The van der Waals surface area contributed by atoms with E-state index in [2.05, 4.69) is 24.4 Å². The highest BCUT2D eigenvalue weighted by atomic mass is 19.1. The molecule has 0 fully saturated rings. The van der Waals surface area contributed by atoms with E-state index in [1.807, 2.05) is 30.3 Å². The molecule has 0 heterocycles. The monoisotopic (exact) mass is 298 g/mol. The van der Waals surface area contributed by atoms with Gasteiger partial charge < -0.3 is 0 Å². The van der Waals surface area contributed by atoms with Crippen molar-refractivity contribution >= 4 is 11.6 Å². The van der Waals surface area contributed by atoms with Gasteiger partial charge in [-0.05, 0) is 42.2 Å². The third-order valence-corrected chi connectivity index (χ3v) is 3.11. The Kier molecular flexibility index (Phi) is 5.42. The van der Waals surface area contributed by atoms with Crippen molar-refractivity contribution in [3.8, 4) is 0 Å². The predicted octanol–water partition coefficient (Wildman–Crippen LogP) is 4.01. The first-order chi connectivity index (χ1) is 10.6. The van der Waals surface area contributed by atoms with E-state index < -0.39 is 0 Å². The van der Waals surface area contributed by atoms with Crippen LogP contribution >= 0.6 is 0 Å². The number of amides is 1. The molecule has 114 valence electrons. The Balaban J connectivity index is 2.15. The van der Waals surface area contributed by atoms with Gasteiger partial charge in [0.1, 0.15) is 5.82 Å². The molecule has 0 saturated heterocycles. The highest BCUT2D eigenvalue weighted by Crippen LogP contribution is 2.10. The van der Waals surface area contributed by atoms with Crippen LogP contribution in [0.4, 0.5) is 4.39 Å². The molecule has 3 nitrogen and oxygen atoms in total. The molecule has 2 aromatic carbocycles. The van der Waals surface area contributed by atoms with Gasteiger partial charge in [-0.25, -0.2) is 9.82 Å². The Morgan fingerprint density at radius 2 is 1.68 bits per heavy atom. The van der Waals surface area contributed by atoms with Crippen molar-refractivity contribution in [1.82, 2.24) is 5.43 Å². The van der Waals surface area contributed by atoms with Crippen molar-refractivity contribution in [3.63, 3.8) is 0 Å². The summed E-state index contributed by atoms with van der Waals surface area (Å²) < 4.78 is 12.9. The van der Waals surface area contributed by atoms with Gasteiger partial charge in [0.15, 0.2) is 0 Å². The van der Waals surface area contributed by atoms with Crippen LogP contribution < -0.4 is 5.43 Å². The zero-order valence-corrected chi connectivity index (χ0v) is 12.7. The van der Waals surface area contributed by atoms with Crippen LogP contribution in [-0.4, -0.2) is 11.6 Å². The van der Waals surface area contributed by atoms with Gasteiger partial charge in [0, 0.05) is 5.56 Å². The predicted molar refractivity (Wildman–Crippen MR) is 86.3 cm³/mol. The molecule has 0 saturated carbocycles. The summed E-state index contributed by atoms with van der Waals surface area (Å²) in [6.45, 7) is 4.19. The van der Waals surface area contributed by atoms with E-state index in [4.69, 9.17) is 0 Å². The zero-order valence-electron chi connectivity index (χ0n) is 12.7. The van der Waals surface area contributed by atoms with Crippen molar-refractivity contribution in [1.29, 1.82) is 0 Å². The number of nitrogens with zero attached hydrogens (tertiary/aromatic N) is 1. The summed E-state index contributed by atoms with van der Waals surface area (Å²) in [4.78, 5) is 12.0. The van der Waals surface area contributed by atoms with Gasteiger partial charge in [0.2, 0.25) is 0 Å². The van der Waals surface area contributed by atoms with Crippen LogP contribution in [0.3, 0.4) is 0 Å². The Morgan fingerprint density at radius 3 is 2.27 bits per heavy atom. The third-order valence-electron chi connectivity index (χ3n) is 3.11. The summed E-state index contributed by atoms with van der Waals surface area (Å²) in [5.74, 6) is -0.302. The molecular formula is C18H19FN2O. The fourth-order valence-corrected chi connectivity index (χ4v) is 2.03. The van der Waals surface area contributed by atoms with Crippen molar-refractivity contribution in [3.05, 3.63) is 71.5 Å². The van der Waals surface area contributed by atoms with Crippen molar-refractivity contribution in [2.75, 3.05) is 0 Å². The topological polar surface area (TPSA) is 41.5 Å². The van der Waals surface area contributed by atoms with Gasteiger partial charge in [-0.3, -0.25) is 4.79 Å². The lowest BCUT2D eigenvalue weighted by Crippen LogP contribution is -2.20. The van der Waals surface area contributed by atoms with Crippen molar-refractivity contribution < 1.29 is 9.18 Å². The fraction of sp³-hybridized carbons (Fsp3) is 0.222. The second-order valence-electron chi connectivity index (χ2n) is 5.47. The van der Waals surface area contributed by atoms with Crippen LogP contribution in [0, 0.1) is 11.7 Å². The van der Waals surface area contributed by atoms with E-state index in [0.717, 1.165) is 17.7 Å².